The van der Waals surface area contributed by atoms with Crippen LogP contribution in [0, 0.1) is 12.8 Å². The van der Waals surface area contributed by atoms with E-state index >= 15 is 0 Å². The summed E-state index contributed by atoms with van der Waals surface area (Å²) in [6, 6.07) is 13.5. The number of carbonyl (C=O) groups excluding carboxylic acids is 2. The maximum Gasteiger partial charge on any atom is 0.244 e. The third-order valence-corrected chi connectivity index (χ3v) is 6.77. The van der Waals surface area contributed by atoms with E-state index < -0.39 is 28.5 Å². The van der Waals surface area contributed by atoms with Crippen molar-refractivity contribution < 1.29 is 22.7 Å². The number of aryl methyl sites for hydroxylation is 1. The van der Waals surface area contributed by atoms with Crippen LogP contribution >= 0.6 is 0 Å². The zero-order valence-corrected chi connectivity index (χ0v) is 22.3. The summed E-state index contributed by atoms with van der Waals surface area (Å²) in [7, 11) is -2.18. The number of methoxy groups -OCH3 is 1. The minimum Gasteiger partial charge on any atom is -0.497 e. The lowest BCUT2D eigenvalue weighted by Gasteiger charge is -2.33. The topological polar surface area (TPSA) is 96.0 Å². The molecule has 0 spiro atoms. The van der Waals surface area contributed by atoms with E-state index in [0.29, 0.717) is 24.4 Å². The van der Waals surface area contributed by atoms with Crippen LogP contribution in [-0.2, 0) is 26.2 Å². The molecule has 0 aromatic heterocycles. The van der Waals surface area contributed by atoms with Gasteiger partial charge in [-0.3, -0.25) is 13.9 Å². The van der Waals surface area contributed by atoms with E-state index in [9.17, 15) is 18.0 Å². The summed E-state index contributed by atoms with van der Waals surface area (Å²) in [5, 5.41) is 2.91. The van der Waals surface area contributed by atoms with Gasteiger partial charge in [-0.05, 0) is 48.6 Å². The minimum absolute atomic E-state index is 0.155. The van der Waals surface area contributed by atoms with Crippen molar-refractivity contribution in [2.24, 2.45) is 5.92 Å². The summed E-state index contributed by atoms with van der Waals surface area (Å²) >= 11 is 0. The van der Waals surface area contributed by atoms with Gasteiger partial charge < -0.3 is 15.0 Å². The van der Waals surface area contributed by atoms with E-state index in [1.54, 1.807) is 44.4 Å². The normalized spacial score (nSPS) is 12.2. The Morgan fingerprint density at radius 3 is 2.20 bits per heavy atom. The molecule has 8 nitrogen and oxygen atoms in total. The largest absolute Gasteiger partial charge is 0.497 e. The number of amides is 2. The molecule has 2 amide bonds. The number of hydrogen-bond acceptors (Lipinski definition) is 5. The molecule has 0 bridgehead atoms. The van der Waals surface area contributed by atoms with Gasteiger partial charge in [0.2, 0.25) is 21.8 Å². The predicted molar refractivity (Wildman–Crippen MR) is 139 cm³/mol. The van der Waals surface area contributed by atoms with Gasteiger partial charge in [0, 0.05) is 13.1 Å². The van der Waals surface area contributed by atoms with Crippen molar-refractivity contribution in [3.05, 3.63) is 59.7 Å². The van der Waals surface area contributed by atoms with Gasteiger partial charge in [-0.15, -0.1) is 0 Å². The quantitative estimate of drug-likeness (QED) is 0.479. The molecule has 192 valence electrons. The Kier molecular flexibility index (Phi) is 10.1. The second kappa shape index (κ2) is 12.6. The SMILES string of the molecule is CCC(C(=O)NCC(C)C)N(Cc1ccc(OC)cc1)C(=O)CN(c1ccccc1C)S(C)(=O)=O. The number of rotatable bonds is 12. The highest BCUT2D eigenvalue weighted by molar-refractivity contribution is 7.92. The first-order valence-corrected chi connectivity index (χ1v) is 13.6. The maximum absolute atomic E-state index is 13.7. The van der Waals surface area contributed by atoms with Crippen LogP contribution in [0.25, 0.3) is 0 Å². The number of anilines is 1. The first kappa shape index (κ1) is 28.2. The summed E-state index contributed by atoms with van der Waals surface area (Å²) in [6.45, 7) is 7.85. The Morgan fingerprint density at radius 2 is 1.69 bits per heavy atom. The average molecular weight is 504 g/mol. The number of benzene rings is 2. The maximum atomic E-state index is 13.7. The first-order chi connectivity index (χ1) is 16.5. The van der Waals surface area contributed by atoms with Crippen molar-refractivity contribution in [2.45, 2.75) is 46.7 Å². The van der Waals surface area contributed by atoms with Gasteiger partial charge in [0.25, 0.3) is 0 Å². The number of sulfonamides is 1. The zero-order valence-electron chi connectivity index (χ0n) is 21.4. The predicted octanol–water partition coefficient (Wildman–Crippen LogP) is 3.35. The number of nitrogens with zero attached hydrogens (tertiary/aromatic N) is 2. The van der Waals surface area contributed by atoms with Crippen molar-refractivity contribution in [2.75, 3.05) is 30.8 Å². The van der Waals surface area contributed by atoms with Crippen LogP contribution < -0.4 is 14.4 Å². The molecule has 0 heterocycles. The summed E-state index contributed by atoms with van der Waals surface area (Å²) in [4.78, 5) is 28.2. The number of ether oxygens (including phenoxy) is 1. The highest BCUT2D eigenvalue weighted by Gasteiger charge is 2.32. The molecular formula is C26H37N3O5S. The standard InChI is InChI=1S/C26H37N3O5S/c1-7-23(26(31)27-16-19(2)3)28(17-21-12-14-22(34-5)15-13-21)25(30)18-29(35(6,32)33)24-11-9-8-10-20(24)4/h8-15,19,23H,7,16-18H2,1-6H3,(H,27,31). The summed E-state index contributed by atoms with van der Waals surface area (Å²) in [6.07, 6.45) is 1.46. The summed E-state index contributed by atoms with van der Waals surface area (Å²) in [5.41, 5.74) is 1.97. The lowest BCUT2D eigenvalue weighted by molar-refractivity contribution is -0.140. The molecule has 0 radical (unpaired) electrons. The molecule has 35 heavy (non-hydrogen) atoms. The molecule has 0 fully saturated rings. The Bertz CT molecular complexity index is 1100. The second-order valence-electron chi connectivity index (χ2n) is 8.99. The van der Waals surface area contributed by atoms with Gasteiger partial charge >= 0.3 is 0 Å². The van der Waals surface area contributed by atoms with E-state index in [1.165, 1.54) is 4.90 Å². The zero-order chi connectivity index (χ0) is 26.2. The van der Waals surface area contributed by atoms with E-state index in [1.807, 2.05) is 39.0 Å². The molecular weight excluding hydrogens is 466 g/mol. The number of carbonyl (C=O) groups is 2. The van der Waals surface area contributed by atoms with Gasteiger partial charge in [0.1, 0.15) is 18.3 Å². The molecule has 1 unspecified atom stereocenters. The molecule has 0 saturated carbocycles. The van der Waals surface area contributed by atoms with Crippen LogP contribution in [0.3, 0.4) is 0 Å². The number of para-hydroxylation sites is 1. The fourth-order valence-corrected chi connectivity index (χ4v) is 4.61. The van der Waals surface area contributed by atoms with Gasteiger partial charge in [0.15, 0.2) is 0 Å². The van der Waals surface area contributed by atoms with Crippen molar-refractivity contribution in [3.8, 4) is 5.75 Å². The third kappa shape index (κ3) is 7.99. The molecule has 0 aliphatic heterocycles. The highest BCUT2D eigenvalue weighted by Crippen LogP contribution is 2.23. The first-order valence-electron chi connectivity index (χ1n) is 11.7. The van der Waals surface area contributed by atoms with E-state index in [2.05, 4.69) is 5.32 Å². The molecule has 2 rings (SSSR count). The Morgan fingerprint density at radius 1 is 1.06 bits per heavy atom. The summed E-state index contributed by atoms with van der Waals surface area (Å²) < 4.78 is 31.7. The molecule has 0 aliphatic carbocycles. The van der Waals surface area contributed by atoms with Gasteiger partial charge in [-0.25, -0.2) is 8.42 Å². The molecule has 2 aromatic rings. The van der Waals surface area contributed by atoms with Gasteiger partial charge in [0.05, 0.1) is 19.1 Å². The molecule has 2 aromatic carbocycles. The molecule has 1 atom stereocenters. The molecule has 0 saturated heterocycles. The number of nitrogens with one attached hydrogen (secondary N) is 1. The van der Waals surface area contributed by atoms with Crippen LogP contribution in [0.4, 0.5) is 5.69 Å². The Balaban J connectivity index is 2.42. The minimum atomic E-state index is -3.76. The van der Waals surface area contributed by atoms with Gasteiger partial charge in [-0.2, -0.15) is 0 Å². The van der Waals surface area contributed by atoms with Gasteiger partial charge in [-0.1, -0.05) is 51.1 Å². The van der Waals surface area contributed by atoms with E-state index in [4.69, 9.17) is 4.74 Å². The van der Waals surface area contributed by atoms with Crippen LogP contribution in [0.1, 0.15) is 38.3 Å². The van der Waals surface area contributed by atoms with Crippen LogP contribution in [0.2, 0.25) is 0 Å². The lowest BCUT2D eigenvalue weighted by atomic mass is 10.1. The Hall–Kier alpha value is -3.07. The molecule has 1 N–H and O–H groups in total. The third-order valence-electron chi connectivity index (χ3n) is 5.65. The second-order valence-corrected chi connectivity index (χ2v) is 10.9. The van der Waals surface area contributed by atoms with Crippen molar-refractivity contribution in [3.63, 3.8) is 0 Å². The van der Waals surface area contributed by atoms with Crippen molar-refractivity contribution >= 4 is 27.5 Å². The fraction of sp³-hybridized carbons (Fsp3) is 0.462. The Labute approximate surface area is 209 Å². The number of hydrogen-bond donors (Lipinski definition) is 1. The molecule has 9 heteroatoms. The van der Waals surface area contributed by atoms with Crippen LogP contribution in [0.15, 0.2) is 48.5 Å². The van der Waals surface area contributed by atoms with E-state index in [0.717, 1.165) is 21.7 Å². The van der Waals surface area contributed by atoms with Crippen molar-refractivity contribution in [1.29, 1.82) is 0 Å². The van der Waals surface area contributed by atoms with E-state index in [-0.39, 0.29) is 18.4 Å². The smallest absolute Gasteiger partial charge is 0.244 e. The van der Waals surface area contributed by atoms with Crippen LogP contribution in [-0.4, -0.2) is 57.6 Å². The fourth-order valence-electron chi connectivity index (χ4n) is 3.71. The molecule has 0 aliphatic rings. The average Bonchev–Trinajstić information content (AvgIpc) is 2.81. The van der Waals surface area contributed by atoms with Crippen molar-refractivity contribution in [1.82, 2.24) is 10.2 Å². The monoisotopic (exact) mass is 503 g/mol. The highest BCUT2D eigenvalue weighted by atomic mass is 32.2. The lowest BCUT2D eigenvalue weighted by Crippen LogP contribution is -2.52. The van der Waals surface area contributed by atoms with Crippen LogP contribution in [0.5, 0.6) is 5.75 Å². The summed E-state index contributed by atoms with van der Waals surface area (Å²) in [5.74, 6) is 0.214.